The lowest BCUT2D eigenvalue weighted by molar-refractivity contribution is 0.0786. The number of amides is 1. The van der Waals surface area contributed by atoms with Crippen LogP contribution in [0, 0.1) is 5.82 Å². The number of carbonyl (C=O) groups is 1. The maximum Gasteiger partial charge on any atom is 0.274 e. The first-order chi connectivity index (χ1) is 14.0. The van der Waals surface area contributed by atoms with Gasteiger partial charge in [0.25, 0.3) is 5.91 Å². The van der Waals surface area contributed by atoms with Gasteiger partial charge in [0.05, 0.1) is 24.7 Å². The van der Waals surface area contributed by atoms with Crippen LogP contribution in [0.3, 0.4) is 0 Å². The molecule has 1 amide bonds. The van der Waals surface area contributed by atoms with Gasteiger partial charge in [-0.3, -0.25) is 4.79 Å². The standard InChI is InChI=1S/C22H25FN4O2/c1-4-5-6-13-26(2)22(28)19-14-20(16-7-9-17(23)10-8-16)27(25-19)18-11-12-21(29-3)24-15-18/h7-12,14-15H,4-6,13H2,1-3H3. The SMILES string of the molecule is CCCCCN(C)C(=O)c1cc(-c2ccc(F)cc2)n(-c2ccc(OC)nc2)n1. The molecular weight excluding hydrogens is 371 g/mol. The molecule has 3 aromatic rings. The Labute approximate surface area is 169 Å². The molecule has 0 spiro atoms. The van der Waals surface area contributed by atoms with Gasteiger partial charge in [0.1, 0.15) is 5.82 Å². The van der Waals surface area contributed by atoms with E-state index in [0.717, 1.165) is 24.8 Å². The first kappa shape index (κ1) is 20.5. The van der Waals surface area contributed by atoms with Crippen LogP contribution in [-0.4, -0.2) is 46.3 Å². The predicted octanol–water partition coefficient (Wildman–Crippen LogP) is 4.34. The molecule has 7 heteroatoms. The molecule has 0 unspecified atom stereocenters. The third-order valence-corrected chi connectivity index (χ3v) is 4.69. The number of halogens is 1. The Morgan fingerprint density at radius 2 is 1.93 bits per heavy atom. The van der Waals surface area contributed by atoms with Gasteiger partial charge in [-0.1, -0.05) is 19.8 Å². The number of aromatic nitrogens is 3. The van der Waals surface area contributed by atoms with Crippen LogP contribution in [0.25, 0.3) is 16.9 Å². The molecule has 2 aromatic heterocycles. The minimum absolute atomic E-state index is 0.148. The number of pyridine rings is 1. The number of nitrogens with zero attached hydrogens (tertiary/aromatic N) is 4. The number of benzene rings is 1. The fourth-order valence-electron chi connectivity index (χ4n) is 3.02. The molecule has 0 saturated heterocycles. The van der Waals surface area contributed by atoms with Gasteiger partial charge in [-0.25, -0.2) is 14.1 Å². The van der Waals surface area contributed by atoms with E-state index in [9.17, 15) is 9.18 Å². The highest BCUT2D eigenvalue weighted by Crippen LogP contribution is 2.25. The van der Waals surface area contributed by atoms with E-state index in [1.807, 2.05) is 6.07 Å². The lowest BCUT2D eigenvalue weighted by Crippen LogP contribution is -2.28. The zero-order valence-electron chi connectivity index (χ0n) is 16.9. The molecule has 0 radical (unpaired) electrons. The van der Waals surface area contributed by atoms with Crippen molar-refractivity contribution in [1.29, 1.82) is 0 Å². The molecule has 29 heavy (non-hydrogen) atoms. The minimum Gasteiger partial charge on any atom is -0.481 e. The zero-order chi connectivity index (χ0) is 20.8. The quantitative estimate of drug-likeness (QED) is 0.531. The van der Waals surface area contributed by atoms with Crippen molar-refractivity contribution in [3.05, 3.63) is 60.2 Å². The van der Waals surface area contributed by atoms with E-state index in [-0.39, 0.29) is 11.7 Å². The molecule has 0 N–H and O–H groups in total. The first-order valence-corrected chi connectivity index (χ1v) is 9.65. The van der Waals surface area contributed by atoms with E-state index in [1.165, 1.54) is 12.1 Å². The van der Waals surface area contributed by atoms with E-state index in [4.69, 9.17) is 4.74 Å². The highest BCUT2D eigenvalue weighted by Gasteiger charge is 2.20. The fraction of sp³-hybridized carbons (Fsp3) is 0.318. The summed E-state index contributed by atoms with van der Waals surface area (Å²) in [6.07, 6.45) is 4.74. The number of hydrogen-bond acceptors (Lipinski definition) is 4. The van der Waals surface area contributed by atoms with Crippen LogP contribution < -0.4 is 4.74 Å². The average Bonchev–Trinajstić information content (AvgIpc) is 3.19. The highest BCUT2D eigenvalue weighted by molar-refractivity contribution is 5.93. The van der Waals surface area contributed by atoms with Gasteiger partial charge < -0.3 is 9.64 Å². The van der Waals surface area contributed by atoms with E-state index >= 15 is 0 Å². The molecule has 1 aromatic carbocycles. The van der Waals surface area contributed by atoms with Crippen LogP contribution in [0.1, 0.15) is 36.7 Å². The smallest absolute Gasteiger partial charge is 0.274 e. The van der Waals surface area contributed by atoms with Gasteiger partial charge in [0, 0.05) is 25.2 Å². The second-order valence-electron chi connectivity index (χ2n) is 6.83. The molecule has 0 fully saturated rings. The third-order valence-electron chi connectivity index (χ3n) is 4.69. The summed E-state index contributed by atoms with van der Waals surface area (Å²) in [6.45, 7) is 2.80. The van der Waals surface area contributed by atoms with Crippen molar-refractivity contribution >= 4 is 5.91 Å². The van der Waals surface area contributed by atoms with Crippen molar-refractivity contribution in [1.82, 2.24) is 19.7 Å². The molecule has 2 heterocycles. The predicted molar refractivity (Wildman–Crippen MR) is 110 cm³/mol. The number of unbranched alkanes of at least 4 members (excludes halogenated alkanes) is 2. The Morgan fingerprint density at radius 3 is 2.55 bits per heavy atom. The maximum atomic E-state index is 13.4. The molecule has 0 saturated carbocycles. The van der Waals surface area contributed by atoms with Crippen molar-refractivity contribution in [3.8, 4) is 22.8 Å². The normalized spacial score (nSPS) is 10.8. The topological polar surface area (TPSA) is 60.2 Å². The number of carbonyl (C=O) groups excluding carboxylic acids is 1. The molecule has 152 valence electrons. The number of methoxy groups -OCH3 is 1. The number of rotatable bonds is 8. The Morgan fingerprint density at radius 1 is 1.17 bits per heavy atom. The summed E-state index contributed by atoms with van der Waals surface area (Å²) in [4.78, 5) is 18.8. The van der Waals surface area contributed by atoms with Crippen LogP contribution in [-0.2, 0) is 0 Å². The van der Waals surface area contributed by atoms with Gasteiger partial charge in [0.15, 0.2) is 5.69 Å². The lowest BCUT2D eigenvalue weighted by atomic mass is 10.1. The minimum atomic E-state index is -0.321. The van der Waals surface area contributed by atoms with Crippen molar-refractivity contribution in [2.45, 2.75) is 26.2 Å². The van der Waals surface area contributed by atoms with E-state index < -0.39 is 0 Å². The molecule has 6 nitrogen and oxygen atoms in total. The average molecular weight is 396 g/mol. The number of ether oxygens (including phenoxy) is 1. The Hall–Kier alpha value is -3.22. The zero-order valence-corrected chi connectivity index (χ0v) is 16.9. The third kappa shape index (κ3) is 4.80. The van der Waals surface area contributed by atoms with Gasteiger partial charge in [-0.15, -0.1) is 0 Å². The summed E-state index contributed by atoms with van der Waals surface area (Å²) >= 11 is 0. The fourth-order valence-corrected chi connectivity index (χ4v) is 3.02. The summed E-state index contributed by atoms with van der Waals surface area (Å²) in [5.74, 6) is 0.0127. The van der Waals surface area contributed by atoms with E-state index in [0.29, 0.717) is 29.5 Å². The Balaban J connectivity index is 1.98. The van der Waals surface area contributed by atoms with Gasteiger partial charge in [-0.2, -0.15) is 5.10 Å². The van der Waals surface area contributed by atoms with Gasteiger partial charge in [0.2, 0.25) is 5.88 Å². The summed E-state index contributed by atoms with van der Waals surface area (Å²) in [7, 11) is 3.33. The van der Waals surface area contributed by atoms with Crippen LogP contribution >= 0.6 is 0 Å². The second kappa shape index (κ2) is 9.32. The Bertz CT molecular complexity index is 952. The van der Waals surface area contributed by atoms with Crippen LogP contribution in [0.5, 0.6) is 5.88 Å². The van der Waals surface area contributed by atoms with Crippen molar-refractivity contribution in [2.75, 3.05) is 20.7 Å². The van der Waals surface area contributed by atoms with Gasteiger partial charge in [-0.05, 0) is 42.8 Å². The molecule has 3 rings (SSSR count). The lowest BCUT2D eigenvalue weighted by Gasteiger charge is -2.15. The van der Waals surface area contributed by atoms with Gasteiger partial charge >= 0.3 is 0 Å². The summed E-state index contributed by atoms with van der Waals surface area (Å²) in [5.41, 5.74) is 2.45. The van der Waals surface area contributed by atoms with Crippen molar-refractivity contribution in [3.63, 3.8) is 0 Å². The molecular formula is C22H25FN4O2. The molecule has 0 aliphatic rings. The molecule has 0 atom stereocenters. The number of hydrogen-bond donors (Lipinski definition) is 0. The Kier molecular flexibility index (Phi) is 6.59. The maximum absolute atomic E-state index is 13.4. The van der Waals surface area contributed by atoms with E-state index in [1.54, 1.807) is 54.2 Å². The largest absolute Gasteiger partial charge is 0.481 e. The molecule has 0 aliphatic heterocycles. The first-order valence-electron chi connectivity index (χ1n) is 9.65. The van der Waals surface area contributed by atoms with Crippen LogP contribution in [0.4, 0.5) is 4.39 Å². The summed E-state index contributed by atoms with van der Waals surface area (Å²) < 4.78 is 20.1. The summed E-state index contributed by atoms with van der Waals surface area (Å²) in [6, 6.07) is 11.4. The highest BCUT2D eigenvalue weighted by atomic mass is 19.1. The van der Waals surface area contributed by atoms with Crippen LogP contribution in [0.2, 0.25) is 0 Å². The molecule has 0 bridgehead atoms. The van der Waals surface area contributed by atoms with E-state index in [2.05, 4.69) is 17.0 Å². The van der Waals surface area contributed by atoms with Crippen LogP contribution in [0.15, 0.2) is 48.7 Å². The summed E-state index contributed by atoms with van der Waals surface area (Å²) in [5, 5.41) is 4.53. The second-order valence-corrected chi connectivity index (χ2v) is 6.83. The monoisotopic (exact) mass is 396 g/mol. The van der Waals surface area contributed by atoms with Crippen molar-refractivity contribution in [2.24, 2.45) is 0 Å². The molecule has 0 aliphatic carbocycles. The van der Waals surface area contributed by atoms with Crippen molar-refractivity contribution < 1.29 is 13.9 Å².